The summed E-state index contributed by atoms with van der Waals surface area (Å²) >= 11 is 0. The van der Waals surface area contributed by atoms with Crippen molar-refractivity contribution in [1.29, 1.82) is 0 Å². The van der Waals surface area contributed by atoms with Crippen LogP contribution in [-0.4, -0.2) is 16.9 Å². The van der Waals surface area contributed by atoms with Crippen LogP contribution in [-0.2, 0) is 9.59 Å². The van der Waals surface area contributed by atoms with Gasteiger partial charge in [-0.2, -0.15) is 0 Å². The first kappa shape index (κ1) is 11.9. The number of carbonyl (C=O) groups is 2. The molecule has 3 rings (SSSR count). The molecule has 0 aromatic rings. The molecule has 18 heavy (non-hydrogen) atoms. The van der Waals surface area contributed by atoms with Crippen molar-refractivity contribution in [2.75, 3.05) is 0 Å². The third kappa shape index (κ3) is 0.918. The summed E-state index contributed by atoms with van der Waals surface area (Å²) in [5.41, 5.74) is -0.621. The van der Waals surface area contributed by atoms with Gasteiger partial charge in [0.15, 0.2) is 0 Å². The van der Waals surface area contributed by atoms with Gasteiger partial charge in [-0.15, -0.1) is 0 Å². The van der Waals surface area contributed by atoms with Crippen LogP contribution in [0.25, 0.3) is 0 Å². The van der Waals surface area contributed by atoms with Crippen molar-refractivity contribution in [3.63, 3.8) is 0 Å². The average Bonchev–Trinajstić information content (AvgIpc) is 2.80. The summed E-state index contributed by atoms with van der Waals surface area (Å²) in [6.45, 7) is 6.27. The predicted octanol–water partition coefficient (Wildman–Crippen LogP) is 2.80. The predicted molar refractivity (Wildman–Crippen MR) is 67.0 cm³/mol. The van der Waals surface area contributed by atoms with E-state index in [0.29, 0.717) is 12.0 Å². The number of rotatable bonds is 1. The van der Waals surface area contributed by atoms with Crippen molar-refractivity contribution in [3.05, 3.63) is 11.6 Å². The number of carbonyl (C=O) groups excluding carboxylic acids is 1. The van der Waals surface area contributed by atoms with Crippen molar-refractivity contribution in [1.82, 2.24) is 0 Å². The van der Waals surface area contributed by atoms with E-state index in [2.05, 4.69) is 20.8 Å². The highest BCUT2D eigenvalue weighted by atomic mass is 16.4. The van der Waals surface area contributed by atoms with Crippen LogP contribution in [0.5, 0.6) is 0 Å². The molecule has 0 saturated heterocycles. The van der Waals surface area contributed by atoms with E-state index in [-0.39, 0.29) is 22.5 Å². The van der Waals surface area contributed by atoms with Crippen molar-refractivity contribution in [2.24, 2.45) is 22.2 Å². The smallest absolute Gasteiger partial charge is 0.332 e. The molecule has 3 aliphatic rings. The molecule has 98 valence electrons. The van der Waals surface area contributed by atoms with Gasteiger partial charge >= 0.3 is 5.97 Å². The highest BCUT2D eigenvalue weighted by Gasteiger charge is 2.75. The minimum absolute atomic E-state index is 0.135. The van der Waals surface area contributed by atoms with E-state index in [9.17, 15) is 14.7 Å². The van der Waals surface area contributed by atoms with Crippen LogP contribution in [0, 0.1) is 22.2 Å². The van der Waals surface area contributed by atoms with Crippen LogP contribution in [0.2, 0.25) is 0 Å². The molecule has 0 unspecified atom stereocenters. The Morgan fingerprint density at radius 3 is 2.67 bits per heavy atom. The first-order valence-electron chi connectivity index (χ1n) is 6.79. The summed E-state index contributed by atoms with van der Waals surface area (Å²) in [4.78, 5) is 24.2. The zero-order valence-electron chi connectivity index (χ0n) is 11.2. The van der Waals surface area contributed by atoms with Gasteiger partial charge in [0.05, 0.1) is 5.41 Å². The van der Waals surface area contributed by atoms with Crippen LogP contribution in [0.15, 0.2) is 11.6 Å². The number of hydrogen-bond donors (Lipinski definition) is 1. The third-order valence-electron chi connectivity index (χ3n) is 6.11. The number of carboxylic acid groups (broad SMARTS) is 1. The molecular weight excluding hydrogens is 228 g/mol. The number of allylic oxidation sites excluding steroid dienone is 1. The lowest BCUT2D eigenvalue weighted by molar-refractivity contribution is -0.140. The SMILES string of the molecule is C[C@@H]1CC[C@@]23CCC(=O)[C@@]12C(C(=O)O)=CC3(C)C. The molecule has 3 nitrogen and oxygen atoms in total. The van der Waals surface area contributed by atoms with E-state index in [4.69, 9.17) is 0 Å². The van der Waals surface area contributed by atoms with Gasteiger partial charge < -0.3 is 5.11 Å². The van der Waals surface area contributed by atoms with Crippen LogP contribution in [0.1, 0.15) is 46.5 Å². The van der Waals surface area contributed by atoms with Crippen LogP contribution >= 0.6 is 0 Å². The maximum Gasteiger partial charge on any atom is 0.332 e. The Balaban J connectivity index is 2.32. The molecule has 0 aliphatic heterocycles. The number of aliphatic carboxylic acids is 1. The lowest BCUT2D eigenvalue weighted by atomic mass is 9.56. The van der Waals surface area contributed by atoms with Gasteiger partial charge in [-0.05, 0) is 36.0 Å². The Labute approximate surface area is 107 Å². The van der Waals surface area contributed by atoms with E-state index in [1.807, 2.05) is 6.08 Å². The summed E-state index contributed by atoms with van der Waals surface area (Å²) in [6, 6.07) is 0. The number of carboxylic acids is 1. The summed E-state index contributed by atoms with van der Waals surface area (Å²) < 4.78 is 0. The highest BCUT2D eigenvalue weighted by Crippen LogP contribution is 2.76. The second-order valence-corrected chi connectivity index (χ2v) is 6.84. The van der Waals surface area contributed by atoms with Crippen molar-refractivity contribution >= 4 is 11.8 Å². The number of Topliss-reactive ketones (excluding diaryl/α,β-unsaturated/α-hetero) is 1. The molecule has 0 radical (unpaired) electrons. The molecule has 0 aromatic heterocycles. The first-order valence-corrected chi connectivity index (χ1v) is 6.79. The van der Waals surface area contributed by atoms with Crippen LogP contribution < -0.4 is 0 Å². The zero-order valence-corrected chi connectivity index (χ0v) is 11.2. The Bertz CT molecular complexity index is 488. The standard InChI is InChI=1S/C15H20O3/c1-9-4-6-14-7-5-11(16)15(9,14)10(12(17)18)8-13(14,2)3/h8-9H,4-7H2,1-3H3,(H,17,18)/t9-,14+,15+/m1/s1. The zero-order chi connectivity index (χ0) is 13.3. The second kappa shape index (κ2) is 3.06. The molecule has 0 spiro atoms. The Kier molecular flexibility index (Phi) is 2.03. The average molecular weight is 248 g/mol. The van der Waals surface area contributed by atoms with Crippen LogP contribution in [0.4, 0.5) is 0 Å². The lowest BCUT2D eigenvalue weighted by Crippen LogP contribution is -2.46. The number of ketones is 1. The monoisotopic (exact) mass is 248 g/mol. The van der Waals surface area contributed by atoms with E-state index < -0.39 is 11.4 Å². The maximum atomic E-state index is 12.6. The van der Waals surface area contributed by atoms with Crippen molar-refractivity contribution < 1.29 is 14.7 Å². The fourth-order valence-corrected chi connectivity index (χ4v) is 5.41. The largest absolute Gasteiger partial charge is 0.478 e. The molecule has 2 fully saturated rings. The van der Waals surface area contributed by atoms with Gasteiger partial charge in [-0.1, -0.05) is 26.8 Å². The summed E-state index contributed by atoms with van der Waals surface area (Å²) in [5, 5.41) is 9.55. The van der Waals surface area contributed by atoms with E-state index in [0.717, 1.165) is 19.3 Å². The minimum atomic E-state index is -0.894. The summed E-state index contributed by atoms with van der Waals surface area (Å²) in [5.74, 6) is -0.558. The van der Waals surface area contributed by atoms with Gasteiger partial charge in [0.25, 0.3) is 0 Å². The second-order valence-electron chi connectivity index (χ2n) is 6.84. The fourth-order valence-electron chi connectivity index (χ4n) is 5.41. The molecule has 3 atom stereocenters. The quantitative estimate of drug-likeness (QED) is 0.776. The van der Waals surface area contributed by atoms with Crippen molar-refractivity contribution in [2.45, 2.75) is 46.5 Å². The highest BCUT2D eigenvalue weighted by molar-refractivity contribution is 6.04. The Morgan fingerprint density at radius 2 is 2.06 bits per heavy atom. The van der Waals surface area contributed by atoms with E-state index in [1.165, 1.54) is 0 Å². The van der Waals surface area contributed by atoms with Crippen molar-refractivity contribution in [3.8, 4) is 0 Å². The molecule has 0 amide bonds. The Morgan fingerprint density at radius 1 is 1.39 bits per heavy atom. The molecular formula is C15H20O3. The molecule has 0 heterocycles. The third-order valence-corrected chi connectivity index (χ3v) is 6.11. The summed E-state index contributed by atoms with van der Waals surface area (Å²) in [7, 11) is 0. The van der Waals surface area contributed by atoms with Crippen LogP contribution in [0.3, 0.4) is 0 Å². The molecule has 3 aliphatic carbocycles. The molecule has 2 saturated carbocycles. The van der Waals surface area contributed by atoms with Gasteiger partial charge in [0.2, 0.25) is 0 Å². The molecule has 0 aromatic carbocycles. The maximum absolute atomic E-state index is 12.6. The topological polar surface area (TPSA) is 54.4 Å². The minimum Gasteiger partial charge on any atom is -0.478 e. The van der Waals surface area contributed by atoms with Gasteiger partial charge in [0, 0.05) is 12.0 Å². The van der Waals surface area contributed by atoms with Gasteiger partial charge in [-0.25, -0.2) is 4.79 Å². The lowest BCUT2D eigenvalue weighted by Gasteiger charge is -2.44. The van der Waals surface area contributed by atoms with E-state index >= 15 is 0 Å². The molecule has 3 heteroatoms. The molecule has 0 bridgehead atoms. The Hall–Kier alpha value is -1.12. The fraction of sp³-hybridized carbons (Fsp3) is 0.733. The van der Waals surface area contributed by atoms with Gasteiger partial charge in [-0.3, -0.25) is 4.79 Å². The first-order chi connectivity index (χ1) is 8.29. The van der Waals surface area contributed by atoms with Gasteiger partial charge in [0.1, 0.15) is 5.78 Å². The normalized spacial score (nSPS) is 44.7. The number of hydrogen-bond acceptors (Lipinski definition) is 2. The van der Waals surface area contributed by atoms with E-state index in [1.54, 1.807) is 0 Å². The molecule has 1 N–H and O–H groups in total. The summed E-state index contributed by atoms with van der Waals surface area (Å²) in [6.07, 6.45) is 5.25.